The van der Waals surface area contributed by atoms with Crippen molar-refractivity contribution in [2.45, 2.75) is 33.1 Å². The molecular weight excluding hydrogens is 360 g/mol. The second kappa shape index (κ2) is 17.8. The first kappa shape index (κ1) is 25.4. The second-order valence-electron chi connectivity index (χ2n) is 5.03. The van der Waals surface area contributed by atoms with Crippen LogP contribution in [-0.4, -0.2) is 82.2 Å². The zero-order valence-corrected chi connectivity index (χ0v) is 16.3. The Kier molecular flexibility index (Phi) is 16.8. The largest absolute Gasteiger partial charge is 0.378 e. The highest BCUT2D eigenvalue weighted by molar-refractivity contribution is 6.01. The summed E-state index contributed by atoms with van der Waals surface area (Å²) in [6, 6.07) is 0. The maximum Gasteiger partial charge on any atom is 0.335 e. The molecule has 0 aromatic rings. The quantitative estimate of drug-likeness (QED) is 0.303. The van der Waals surface area contributed by atoms with Gasteiger partial charge >= 0.3 is 5.97 Å². The lowest BCUT2D eigenvalue weighted by Crippen LogP contribution is -2.32. The van der Waals surface area contributed by atoms with Crippen molar-refractivity contribution in [3.05, 3.63) is 0 Å². The predicted molar refractivity (Wildman–Crippen MR) is 95.5 cm³/mol. The topological polar surface area (TPSA) is 127 Å². The van der Waals surface area contributed by atoms with E-state index in [0.29, 0.717) is 57.9 Å². The van der Waals surface area contributed by atoms with E-state index < -0.39 is 17.8 Å². The Morgan fingerprint density at radius 1 is 0.815 bits per heavy atom. The van der Waals surface area contributed by atoms with Gasteiger partial charge in [0.2, 0.25) is 0 Å². The van der Waals surface area contributed by atoms with Gasteiger partial charge in [0.05, 0.1) is 59.3 Å². The Hall–Kier alpha value is -1.59. The summed E-state index contributed by atoms with van der Waals surface area (Å²) in [7, 11) is 0. The van der Waals surface area contributed by atoms with Crippen LogP contribution in [-0.2, 0) is 38.2 Å². The van der Waals surface area contributed by atoms with Crippen molar-refractivity contribution in [2.24, 2.45) is 5.73 Å². The summed E-state index contributed by atoms with van der Waals surface area (Å²) >= 11 is 0. The van der Waals surface area contributed by atoms with Gasteiger partial charge in [-0.15, -0.1) is 5.06 Å². The van der Waals surface area contributed by atoms with Crippen LogP contribution in [0, 0.1) is 0 Å². The lowest BCUT2D eigenvalue weighted by molar-refractivity contribution is -0.198. The average molecular weight is 392 g/mol. The highest BCUT2D eigenvalue weighted by atomic mass is 16.7. The van der Waals surface area contributed by atoms with Crippen molar-refractivity contribution in [3.8, 4) is 0 Å². The molecule has 2 amide bonds. The fourth-order valence-corrected chi connectivity index (χ4v) is 1.81. The van der Waals surface area contributed by atoms with Gasteiger partial charge in [0.1, 0.15) is 0 Å². The molecule has 0 radical (unpaired) electrons. The molecule has 1 aliphatic heterocycles. The molecule has 10 nitrogen and oxygen atoms in total. The van der Waals surface area contributed by atoms with E-state index in [-0.39, 0.29) is 25.9 Å². The maximum atomic E-state index is 11.5. The zero-order valence-electron chi connectivity index (χ0n) is 16.3. The Morgan fingerprint density at radius 2 is 1.22 bits per heavy atom. The minimum atomic E-state index is -0.685. The number of hydrogen-bond donors (Lipinski definition) is 1. The van der Waals surface area contributed by atoms with Gasteiger partial charge in [0, 0.05) is 19.4 Å². The smallest absolute Gasteiger partial charge is 0.335 e. The molecule has 2 N–H and O–H groups in total. The van der Waals surface area contributed by atoms with Gasteiger partial charge in [-0.1, -0.05) is 13.8 Å². The van der Waals surface area contributed by atoms with Gasteiger partial charge in [-0.25, -0.2) is 4.79 Å². The van der Waals surface area contributed by atoms with Gasteiger partial charge in [0.25, 0.3) is 11.8 Å². The Morgan fingerprint density at radius 3 is 1.67 bits per heavy atom. The standard InChI is InChI=1S/C15H26N2O8.C2H6/c16-4-6-22-8-10-24-12-11-23-9-7-21-5-3-15(20)25-17-13(18)1-2-14(17)19;1-2/h1-12,16H2;1-2H3. The third-order valence-electron chi connectivity index (χ3n) is 3.03. The third kappa shape index (κ3) is 13.3. The van der Waals surface area contributed by atoms with Gasteiger partial charge in [-0.3, -0.25) is 9.59 Å². The van der Waals surface area contributed by atoms with E-state index in [9.17, 15) is 14.4 Å². The number of nitrogens with zero attached hydrogens (tertiary/aromatic N) is 1. The number of carbonyl (C=O) groups excluding carboxylic acids is 3. The van der Waals surface area contributed by atoms with Crippen molar-refractivity contribution in [2.75, 3.05) is 59.4 Å². The summed E-state index contributed by atoms with van der Waals surface area (Å²) in [5, 5.41) is 0.520. The molecule has 1 aliphatic rings. The Labute approximate surface area is 160 Å². The first-order chi connectivity index (χ1) is 13.1. The molecule has 158 valence electrons. The van der Waals surface area contributed by atoms with Crippen LogP contribution in [0.25, 0.3) is 0 Å². The van der Waals surface area contributed by atoms with E-state index >= 15 is 0 Å². The van der Waals surface area contributed by atoms with E-state index in [1.165, 1.54) is 0 Å². The summed E-state index contributed by atoms with van der Waals surface area (Å²) in [6.45, 7) is 7.70. The molecule has 0 bridgehead atoms. The maximum absolute atomic E-state index is 11.5. The molecule has 10 heteroatoms. The molecule has 0 aromatic heterocycles. The van der Waals surface area contributed by atoms with Crippen LogP contribution in [0.2, 0.25) is 0 Å². The monoisotopic (exact) mass is 392 g/mol. The van der Waals surface area contributed by atoms with E-state index in [1.54, 1.807) is 0 Å². The van der Waals surface area contributed by atoms with Crippen LogP contribution < -0.4 is 5.73 Å². The van der Waals surface area contributed by atoms with Crippen LogP contribution in [0.4, 0.5) is 0 Å². The van der Waals surface area contributed by atoms with Crippen LogP contribution in [0.15, 0.2) is 0 Å². The van der Waals surface area contributed by atoms with Crippen molar-refractivity contribution in [1.29, 1.82) is 0 Å². The fraction of sp³-hybridized carbons (Fsp3) is 0.824. The first-order valence-electron chi connectivity index (χ1n) is 9.22. The van der Waals surface area contributed by atoms with Crippen LogP contribution in [0.5, 0.6) is 0 Å². The highest BCUT2D eigenvalue weighted by Gasteiger charge is 2.32. The highest BCUT2D eigenvalue weighted by Crippen LogP contribution is 2.12. The number of hydroxylamine groups is 2. The number of imide groups is 1. The van der Waals surface area contributed by atoms with E-state index in [2.05, 4.69) is 0 Å². The van der Waals surface area contributed by atoms with E-state index in [1.807, 2.05) is 13.8 Å². The SMILES string of the molecule is CC.NCCOCCOCCOCCOCCC(=O)ON1C(=O)CCC1=O. The summed E-state index contributed by atoms with van der Waals surface area (Å²) in [6.07, 6.45) is 0.0950. The number of rotatable bonds is 15. The molecule has 0 saturated carbocycles. The molecule has 0 spiro atoms. The molecule has 0 aromatic carbocycles. The summed E-state index contributed by atoms with van der Waals surface area (Å²) in [4.78, 5) is 38.7. The molecule has 1 saturated heterocycles. The molecule has 1 fully saturated rings. The van der Waals surface area contributed by atoms with Crippen LogP contribution in [0.3, 0.4) is 0 Å². The minimum absolute atomic E-state index is 0.0526. The Balaban J connectivity index is 0.00000326. The lowest BCUT2D eigenvalue weighted by atomic mass is 10.4. The molecule has 0 unspecified atom stereocenters. The molecule has 1 rings (SSSR count). The van der Waals surface area contributed by atoms with Crippen LogP contribution in [0.1, 0.15) is 33.1 Å². The predicted octanol–water partition coefficient (Wildman–Crippen LogP) is 0.0350. The minimum Gasteiger partial charge on any atom is -0.378 e. The van der Waals surface area contributed by atoms with Crippen LogP contribution >= 0.6 is 0 Å². The van der Waals surface area contributed by atoms with Gasteiger partial charge in [0.15, 0.2) is 0 Å². The third-order valence-corrected chi connectivity index (χ3v) is 3.03. The number of amides is 2. The Bertz CT molecular complexity index is 404. The summed E-state index contributed by atoms with van der Waals surface area (Å²) in [5.74, 6) is -1.68. The molecule has 27 heavy (non-hydrogen) atoms. The number of carbonyl (C=O) groups is 3. The molecule has 0 aliphatic carbocycles. The number of hydrogen-bond acceptors (Lipinski definition) is 9. The van der Waals surface area contributed by atoms with Gasteiger partial charge in [-0.05, 0) is 0 Å². The molecule has 1 heterocycles. The van der Waals surface area contributed by atoms with E-state index in [4.69, 9.17) is 29.5 Å². The van der Waals surface area contributed by atoms with Crippen molar-refractivity contribution in [1.82, 2.24) is 5.06 Å². The van der Waals surface area contributed by atoms with Crippen molar-refractivity contribution >= 4 is 17.8 Å². The normalized spacial score (nSPS) is 13.5. The molecule has 0 atom stereocenters. The fourth-order valence-electron chi connectivity index (χ4n) is 1.81. The van der Waals surface area contributed by atoms with E-state index in [0.717, 1.165) is 0 Å². The first-order valence-corrected chi connectivity index (χ1v) is 9.22. The molecular formula is C17H32N2O8. The van der Waals surface area contributed by atoms with Gasteiger partial charge in [-0.2, -0.15) is 0 Å². The zero-order chi connectivity index (χ0) is 20.3. The summed E-state index contributed by atoms with van der Waals surface area (Å²) < 4.78 is 20.9. The second-order valence-corrected chi connectivity index (χ2v) is 5.03. The van der Waals surface area contributed by atoms with Gasteiger partial charge < -0.3 is 29.5 Å². The number of nitrogens with two attached hydrogens (primary N) is 1. The van der Waals surface area contributed by atoms with Crippen molar-refractivity contribution < 1.29 is 38.2 Å². The van der Waals surface area contributed by atoms with Crippen molar-refractivity contribution in [3.63, 3.8) is 0 Å². The average Bonchev–Trinajstić information content (AvgIpc) is 2.99. The lowest BCUT2D eigenvalue weighted by Gasteiger charge is -2.12. The summed E-state index contributed by atoms with van der Waals surface area (Å²) in [5.41, 5.74) is 5.27. The number of ether oxygens (including phenoxy) is 4.